The third kappa shape index (κ3) is 1.93. The van der Waals surface area contributed by atoms with E-state index in [0.29, 0.717) is 28.7 Å². The van der Waals surface area contributed by atoms with Crippen molar-refractivity contribution in [2.24, 2.45) is 10.2 Å². The minimum atomic E-state index is -1.01. The number of amides is 2. The Morgan fingerprint density at radius 1 is 1.16 bits per heavy atom. The van der Waals surface area contributed by atoms with Crippen molar-refractivity contribution in [1.29, 1.82) is 0 Å². The van der Waals surface area contributed by atoms with Crippen LogP contribution < -0.4 is 4.90 Å². The first kappa shape index (κ1) is 12.6. The molecule has 0 unspecified atom stereocenters. The zero-order chi connectivity index (χ0) is 13.6. The van der Waals surface area contributed by atoms with E-state index in [2.05, 4.69) is 10.2 Å². The summed E-state index contributed by atoms with van der Waals surface area (Å²) in [5, 5.41) is 8.55. The average Bonchev–Trinajstić information content (AvgIpc) is 2.85. The molecular weight excluding hydrogens is 289 g/mol. The fourth-order valence-corrected chi connectivity index (χ4v) is 2.91. The molecule has 1 spiro atoms. The molecular formula is C12H9Cl2N3O2. The smallest absolute Gasteiger partial charge is 0.264 e. The van der Waals surface area contributed by atoms with Gasteiger partial charge in [-0.15, -0.1) is 0 Å². The van der Waals surface area contributed by atoms with Gasteiger partial charge in [0.05, 0.1) is 18.7 Å². The Hall–Kier alpha value is -1.46. The minimum absolute atomic E-state index is 0.0550. The average molecular weight is 298 g/mol. The van der Waals surface area contributed by atoms with Crippen molar-refractivity contribution in [1.82, 2.24) is 0 Å². The highest BCUT2D eigenvalue weighted by atomic mass is 35.5. The number of carbonyl (C=O) groups is 2. The van der Waals surface area contributed by atoms with Crippen LogP contribution in [0.25, 0.3) is 0 Å². The summed E-state index contributed by atoms with van der Waals surface area (Å²) in [5.74, 6) is -0.652. The fraction of sp³-hybridized carbons (Fsp3) is 0.333. The molecule has 2 aliphatic rings. The molecule has 5 nitrogen and oxygen atoms in total. The van der Waals surface area contributed by atoms with Crippen LogP contribution in [0.4, 0.5) is 5.69 Å². The Bertz CT molecular complexity index is 597. The molecule has 0 aliphatic carbocycles. The molecule has 3 rings (SSSR count). The van der Waals surface area contributed by atoms with Gasteiger partial charge in [-0.1, -0.05) is 23.2 Å². The Morgan fingerprint density at radius 3 is 2.42 bits per heavy atom. The molecule has 0 N–H and O–H groups in total. The van der Waals surface area contributed by atoms with Gasteiger partial charge in [-0.05, 0) is 18.2 Å². The SMILES string of the molecule is O=C1C[C@]2(CCN=N2)C(=O)N1c1cc(Cl)cc(Cl)c1. The van der Waals surface area contributed by atoms with Crippen molar-refractivity contribution in [2.75, 3.05) is 11.4 Å². The van der Waals surface area contributed by atoms with Crippen molar-refractivity contribution in [3.63, 3.8) is 0 Å². The van der Waals surface area contributed by atoms with Crippen LogP contribution in [0.1, 0.15) is 12.8 Å². The molecule has 2 aliphatic heterocycles. The molecule has 1 saturated heterocycles. The van der Waals surface area contributed by atoms with Crippen LogP contribution in [-0.4, -0.2) is 23.9 Å². The van der Waals surface area contributed by atoms with E-state index >= 15 is 0 Å². The predicted octanol–water partition coefficient (Wildman–Crippen LogP) is 2.85. The number of carbonyl (C=O) groups excluding carboxylic acids is 2. The summed E-state index contributed by atoms with van der Waals surface area (Å²) in [7, 11) is 0. The summed E-state index contributed by atoms with van der Waals surface area (Å²) in [5.41, 5.74) is -0.627. The van der Waals surface area contributed by atoms with E-state index in [1.54, 1.807) is 6.07 Å². The van der Waals surface area contributed by atoms with Crippen molar-refractivity contribution >= 4 is 40.7 Å². The van der Waals surface area contributed by atoms with Crippen molar-refractivity contribution in [2.45, 2.75) is 18.4 Å². The van der Waals surface area contributed by atoms with Gasteiger partial charge in [-0.3, -0.25) is 9.59 Å². The summed E-state index contributed by atoms with van der Waals surface area (Å²) in [6.45, 7) is 0.475. The molecule has 0 radical (unpaired) electrons. The maximum Gasteiger partial charge on any atom is 0.264 e. The molecule has 7 heteroatoms. The first-order valence-electron chi connectivity index (χ1n) is 5.74. The monoisotopic (exact) mass is 297 g/mol. The van der Waals surface area contributed by atoms with Gasteiger partial charge in [0, 0.05) is 16.5 Å². The van der Waals surface area contributed by atoms with Crippen LogP contribution in [0.2, 0.25) is 10.0 Å². The minimum Gasteiger partial charge on any atom is -0.274 e. The van der Waals surface area contributed by atoms with Gasteiger partial charge in [0.2, 0.25) is 5.91 Å². The van der Waals surface area contributed by atoms with E-state index in [-0.39, 0.29) is 18.2 Å². The standard InChI is InChI=1S/C12H9Cl2N3O2/c13-7-3-8(14)5-9(4-7)17-10(18)6-12(11(17)19)1-2-15-16-12/h3-5H,1-2,6H2/t12-/m1/s1. The quantitative estimate of drug-likeness (QED) is 0.748. The van der Waals surface area contributed by atoms with Gasteiger partial charge in [-0.25, -0.2) is 4.90 Å². The second kappa shape index (κ2) is 4.28. The van der Waals surface area contributed by atoms with E-state index in [1.807, 2.05) is 0 Å². The van der Waals surface area contributed by atoms with Crippen molar-refractivity contribution in [3.8, 4) is 0 Å². The molecule has 0 aromatic heterocycles. The number of azo groups is 1. The predicted molar refractivity (Wildman–Crippen MR) is 70.6 cm³/mol. The highest BCUT2D eigenvalue weighted by Gasteiger charge is 2.54. The lowest BCUT2D eigenvalue weighted by molar-refractivity contribution is -0.122. The normalized spacial score (nSPS) is 25.9. The molecule has 1 aromatic rings. The van der Waals surface area contributed by atoms with Crippen LogP contribution in [0, 0.1) is 0 Å². The van der Waals surface area contributed by atoms with Crippen LogP contribution in [0.5, 0.6) is 0 Å². The lowest BCUT2D eigenvalue weighted by atomic mass is 9.96. The highest BCUT2D eigenvalue weighted by molar-refractivity contribution is 6.35. The van der Waals surface area contributed by atoms with Crippen LogP contribution in [0.3, 0.4) is 0 Å². The number of benzene rings is 1. The number of halogens is 2. The second-order valence-corrected chi connectivity index (χ2v) is 5.46. The maximum atomic E-state index is 12.4. The van der Waals surface area contributed by atoms with Gasteiger partial charge in [0.1, 0.15) is 0 Å². The van der Waals surface area contributed by atoms with Gasteiger partial charge in [-0.2, -0.15) is 10.2 Å². The Labute approximate surface area is 119 Å². The summed E-state index contributed by atoms with van der Waals surface area (Å²) >= 11 is 11.8. The van der Waals surface area contributed by atoms with E-state index < -0.39 is 5.54 Å². The number of hydrogen-bond acceptors (Lipinski definition) is 4. The first-order valence-corrected chi connectivity index (χ1v) is 6.50. The molecule has 1 atom stereocenters. The third-order valence-corrected chi connectivity index (χ3v) is 3.72. The van der Waals surface area contributed by atoms with Gasteiger partial charge in [0.15, 0.2) is 5.54 Å². The highest BCUT2D eigenvalue weighted by Crippen LogP contribution is 2.38. The summed E-state index contributed by atoms with van der Waals surface area (Å²) in [4.78, 5) is 25.6. The van der Waals surface area contributed by atoms with E-state index in [0.717, 1.165) is 4.90 Å². The van der Waals surface area contributed by atoms with E-state index in [4.69, 9.17) is 23.2 Å². The van der Waals surface area contributed by atoms with Gasteiger partial charge < -0.3 is 0 Å². The molecule has 0 bridgehead atoms. The van der Waals surface area contributed by atoms with E-state index in [1.165, 1.54) is 12.1 Å². The number of anilines is 1. The molecule has 98 valence electrons. The largest absolute Gasteiger partial charge is 0.274 e. The van der Waals surface area contributed by atoms with Crippen LogP contribution in [0.15, 0.2) is 28.4 Å². The Morgan fingerprint density at radius 2 is 1.84 bits per heavy atom. The summed E-state index contributed by atoms with van der Waals surface area (Å²) < 4.78 is 0. The molecule has 19 heavy (non-hydrogen) atoms. The zero-order valence-electron chi connectivity index (χ0n) is 9.77. The zero-order valence-corrected chi connectivity index (χ0v) is 11.3. The third-order valence-electron chi connectivity index (χ3n) is 3.29. The summed E-state index contributed by atoms with van der Waals surface area (Å²) in [6, 6.07) is 4.62. The second-order valence-electron chi connectivity index (χ2n) is 4.59. The molecule has 1 fully saturated rings. The molecule has 1 aromatic carbocycles. The Kier molecular flexibility index (Phi) is 2.83. The van der Waals surface area contributed by atoms with Gasteiger partial charge >= 0.3 is 0 Å². The van der Waals surface area contributed by atoms with Crippen molar-refractivity contribution < 1.29 is 9.59 Å². The number of hydrogen-bond donors (Lipinski definition) is 0. The van der Waals surface area contributed by atoms with Crippen LogP contribution in [-0.2, 0) is 9.59 Å². The fourth-order valence-electron chi connectivity index (χ4n) is 2.40. The van der Waals surface area contributed by atoms with E-state index in [9.17, 15) is 9.59 Å². The molecule has 2 amide bonds. The van der Waals surface area contributed by atoms with Crippen LogP contribution >= 0.6 is 23.2 Å². The molecule has 0 saturated carbocycles. The van der Waals surface area contributed by atoms with Crippen molar-refractivity contribution in [3.05, 3.63) is 28.2 Å². The summed E-state index contributed by atoms with van der Waals surface area (Å²) in [6.07, 6.45) is 0.530. The number of imide groups is 1. The number of rotatable bonds is 1. The lowest BCUT2D eigenvalue weighted by Crippen LogP contribution is -2.38. The first-order chi connectivity index (χ1) is 9.02. The van der Waals surface area contributed by atoms with Gasteiger partial charge in [0.25, 0.3) is 5.91 Å². The number of nitrogens with zero attached hydrogens (tertiary/aromatic N) is 3. The maximum absolute atomic E-state index is 12.4. The Balaban J connectivity index is 2.03. The topological polar surface area (TPSA) is 62.1 Å². The lowest BCUT2D eigenvalue weighted by Gasteiger charge is -2.18. The molecule has 2 heterocycles.